The number of methoxy groups -OCH3 is 1. The highest BCUT2D eigenvalue weighted by atomic mass is 127. The van der Waals surface area contributed by atoms with E-state index in [4.69, 9.17) is 16.3 Å². The van der Waals surface area contributed by atoms with E-state index in [9.17, 15) is 0 Å². The maximum absolute atomic E-state index is 6.21. The van der Waals surface area contributed by atoms with Crippen LogP contribution in [0.4, 0.5) is 0 Å². The van der Waals surface area contributed by atoms with Crippen LogP contribution in [0, 0.1) is 0 Å². The predicted octanol–water partition coefficient (Wildman–Crippen LogP) is 3.47. The van der Waals surface area contributed by atoms with Crippen molar-refractivity contribution < 1.29 is 4.74 Å². The molecule has 4 nitrogen and oxygen atoms in total. The molecule has 0 atom stereocenters. The summed E-state index contributed by atoms with van der Waals surface area (Å²) in [5, 5.41) is 7.32. The molecule has 0 aliphatic carbocycles. The second-order valence-electron chi connectivity index (χ2n) is 5.58. The molecule has 0 heterocycles. The molecular weight excluding hydrogens is 401 g/mol. The molecule has 120 valence electrons. The quantitative estimate of drug-likeness (QED) is 0.441. The number of aliphatic imine (C=N–C) groups is 1. The van der Waals surface area contributed by atoms with E-state index in [0.29, 0.717) is 0 Å². The van der Waals surface area contributed by atoms with Gasteiger partial charge in [-0.3, -0.25) is 4.99 Å². The van der Waals surface area contributed by atoms with Gasteiger partial charge in [0.25, 0.3) is 0 Å². The Bertz CT molecular complexity index is 472. The molecular formula is C15H25ClIN3O. The summed E-state index contributed by atoms with van der Waals surface area (Å²) in [5.41, 5.74) is 1.07. The van der Waals surface area contributed by atoms with E-state index < -0.39 is 0 Å². The molecule has 1 aromatic rings. The Morgan fingerprint density at radius 1 is 1.33 bits per heavy atom. The van der Waals surface area contributed by atoms with Gasteiger partial charge in [-0.25, -0.2) is 0 Å². The van der Waals surface area contributed by atoms with Gasteiger partial charge in [0, 0.05) is 24.2 Å². The molecule has 0 unspecified atom stereocenters. The van der Waals surface area contributed by atoms with Gasteiger partial charge in [0.2, 0.25) is 0 Å². The highest BCUT2D eigenvalue weighted by Crippen LogP contribution is 2.22. The molecule has 2 N–H and O–H groups in total. The second-order valence-corrected chi connectivity index (χ2v) is 5.99. The zero-order chi connectivity index (χ0) is 15.2. The lowest BCUT2D eigenvalue weighted by atomic mass is 10.1. The van der Waals surface area contributed by atoms with E-state index in [1.54, 1.807) is 14.2 Å². The molecule has 0 aromatic heterocycles. The Morgan fingerprint density at radius 2 is 2.00 bits per heavy atom. The first-order valence-electron chi connectivity index (χ1n) is 6.67. The Hall–Kier alpha value is -0.690. The van der Waals surface area contributed by atoms with Crippen LogP contribution in [0.2, 0.25) is 5.02 Å². The largest absolute Gasteiger partial charge is 0.497 e. The zero-order valence-corrected chi connectivity index (χ0v) is 16.4. The third-order valence-corrected chi connectivity index (χ3v) is 3.02. The number of guanidine groups is 1. The minimum atomic E-state index is -0.0143. The molecule has 0 amide bonds. The summed E-state index contributed by atoms with van der Waals surface area (Å²) in [6.07, 6.45) is 0.827. The van der Waals surface area contributed by atoms with Gasteiger partial charge in [-0.2, -0.15) is 0 Å². The molecule has 1 aromatic carbocycles. The standard InChI is InChI=1S/C15H24ClN3O.HI/c1-15(2,3)19-14(17-4)18-9-8-11-6-7-12(20-5)10-13(11)16;/h6-7,10H,8-9H2,1-5H3,(H2,17,18,19);1H. The first-order valence-corrected chi connectivity index (χ1v) is 7.05. The van der Waals surface area contributed by atoms with Gasteiger partial charge >= 0.3 is 0 Å². The van der Waals surface area contributed by atoms with Crippen LogP contribution in [-0.2, 0) is 6.42 Å². The number of rotatable bonds is 4. The van der Waals surface area contributed by atoms with Crippen LogP contribution in [-0.4, -0.2) is 32.2 Å². The summed E-state index contributed by atoms with van der Waals surface area (Å²) < 4.78 is 5.14. The fraction of sp³-hybridized carbons (Fsp3) is 0.533. The Labute approximate surface area is 149 Å². The summed E-state index contributed by atoms with van der Waals surface area (Å²) in [6.45, 7) is 7.06. The number of nitrogens with zero attached hydrogens (tertiary/aromatic N) is 1. The lowest BCUT2D eigenvalue weighted by Crippen LogP contribution is -2.48. The fourth-order valence-corrected chi connectivity index (χ4v) is 1.97. The molecule has 0 saturated heterocycles. The minimum absolute atomic E-state index is 0. The molecule has 1 rings (SSSR count). The molecule has 0 radical (unpaired) electrons. The van der Waals surface area contributed by atoms with Crippen LogP contribution in [0.3, 0.4) is 0 Å². The van der Waals surface area contributed by atoms with Gasteiger partial charge < -0.3 is 15.4 Å². The summed E-state index contributed by atoms with van der Waals surface area (Å²) in [6, 6.07) is 5.74. The van der Waals surface area contributed by atoms with Crippen LogP contribution < -0.4 is 15.4 Å². The van der Waals surface area contributed by atoms with E-state index in [2.05, 4.69) is 36.4 Å². The average Bonchev–Trinajstić information content (AvgIpc) is 2.37. The first-order chi connectivity index (χ1) is 9.35. The van der Waals surface area contributed by atoms with Gasteiger partial charge in [0.15, 0.2) is 5.96 Å². The third-order valence-electron chi connectivity index (χ3n) is 2.66. The predicted molar refractivity (Wildman–Crippen MR) is 101 cm³/mol. The van der Waals surface area contributed by atoms with Gasteiger partial charge in [-0.05, 0) is 44.9 Å². The number of ether oxygens (including phenoxy) is 1. The van der Waals surface area contributed by atoms with Crippen molar-refractivity contribution in [2.45, 2.75) is 32.7 Å². The van der Waals surface area contributed by atoms with Crippen molar-refractivity contribution in [2.75, 3.05) is 20.7 Å². The van der Waals surface area contributed by atoms with Crippen molar-refractivity contribution in [3.63, 3.8) is 0 Å². The molecule has 0 aliphatic rings. The molecule has 0 aliphatic heterocycles. The number of hydrogen-bond donors (Lipinski definition) is 2. The van der Waals surface area contributed by atoms with E-state index in [1.807, 2.05) is 18.2 Å². The van der Waals surface area contributed by atoms with Crippen LogP contribution in [0.1, 0.15) is 26.3 Å². The van der Waals surface area contributed by atoms with Gasteiger partial charge in [-0.1, -0.05) is 17.7 Å². The molecule has 0 saturated carbocycles. The number of hydrogen-bond acceptors (Lipinski definition) is 2. The van der Waals surface area contributed by atoms with Crippen LogP contribution in [0.15, 0.2) is 23.2 Å². The van der Waals surface area contributed by atoms with Crippen molar-refractivity contribution in [3.8, 4) is 5.75 Å². The third kappa shape index (κ3) is 7.76. The van der Waals surface area contributed by atoms with E-state index >= 15 is 0 Å². The summed E-state index contributed by atoms with van der Waals surface area (Å²) in [7, 11) is 3.40. The Morgan fingerprint density at radius 3 is 2.48 bits per heavy atom. The molecule has 21 heavy (non-hydrogen) atoms. The smallest absolute Gasteiger partial charge is 0.191 e. The van der Waals surface area contributed by atoms with Crippen molar-refractivity contribution in [1.82, 2.24) is 10.6 Å². The summed E-state index contributed by atoms with van der Waals surface area (Å²) in [4.78, 5) is 4.20. The van der Waals surface area contributed by atoms with Gasteiger partial charge in [0.05, 0.1) is 7.11 Å². The number of nitrogens with one attached hydrogen (secondary N) is 2. The van der Waals surface area contributed by atoms with Crippen LogP contribution >= 0.6 is 35.6 Å². The maximum atomic E-state index is 6.21. The fourth-order valence-electron chi connectivity index (χ4n) is 1.71. The normalized spacial score (nSPS) is 11.6. The highest BCUT2D eigenvalue weighted by molar-refractivity contribution is 14.0. The Balaban J connectivity index is 0.00000400. The average molecular weight is 426 g/mol. The molecule has 0 fully saturated rings. The molecule has 0 spiro atoms. The van der Waals surface area contributed by atoms with E-state index in [0.717, 1.165) is 35.3 Å². The maximum Gasteiger partial charge on any atom is 0.191 e. The highest BCUT2D eigenvalue weighted by Gasteiger charge is 2.11. The van der Waals surface area contributed by atoms with Crippen LogP contribution in [0.25, 0.3) is 0 Å². The van der Waals surface area contributed by atoms with Crippen molar-refractivity contribution in [1.29, 1.82) is 0 Å². The van der Waals surface area contributed by atoms with E-state index in [1.165, 1.54) is 0 Å². The summed E-state index contributed by atoms with van der Waals surface area (Å²) in [5.74, 6) is 1.57. The molecule has 6 heteroatoms. The lowest BCUT2D eigenvalue weighted by molar-refractivity contribution is 0.414. The first kappa shape index (κ1) is 20.3. The topological polar surface area (TPSA) is 45.7 Å². The number of benzene rings is 1. The Kier molecular flexibility index (Phi) is 9.04. The SMILES string of the molecule is CN=C(NCCc1ccc(OC)cc1Cl)NC(C)(C)C.I. The van der Waals surface area contributed by atoms with Crippen molar-refractivity contribution in [2.24, 2.45) is 4.99 Å². The van der Waals surface area contributed by atoms with Crippen molar-refractivity contribution in [3.05, 3.63) is 28.8 Å². The monoisotopic (exact) mass is 425 g/mol. The van der Waals surface area contributed by atoms with E-state index in [-0.39, 0.29) is 29.5 Å². The van der Waals surface area contributed by atoms with Gasteiger partial charge in [0.1, 0.15) is 5.75 Å². The van der Waals surface area contributed by atoms with Crippen molar-refractivity contribution >= 4 is 41.5 Å². The minimum Gasteiger partial charge on any atom is -0.497 e. The second kappa shape index (κ2) is 9.35. The summed E-state index contributed by atoms with van der Waals surface area (Å²) >= 11 is 6.21. The van der Waals surface area contributed by atoms with Crippen LogP contribution in [0.5, 0.6) is 5.75 Å². The molecule has 0 bridgehead atoms. The number of halogens is 2. The lowest BCUT2D eigenvalue weighted by Gasteiger charge is -2.23. The zero-order valence-electron chi connectivity index (χ0n) is 13.3. The van der Waals surface area contributed by atoms with Gasteiger partial charge in [-0.15, -0.1) is 24.0 Å².